The summed E-state index contributed by atoms with van der Waals surface area (Å²) >= 11 is 0. The van der Waals surface area contributed by atoms with E-state index in [1.165, 1.54) is 0 Å². The Labute approximate surface area is 130 Å². The van der Waals surface area contributed by atoms with Gasteiger partial charge in [0.1, 0.15) is 5.56 Å². The first kappa shape index (κ1) is 16.2. The quantitative estimate of drug-likeness (QED) is 0.905. The minimum Gasteiger partial charge on any atom is -0.341 e. The van der Waals surface area contributed by atoms with Gasteiger partial charge in [0.05, 0.1) is 0 Å². The Kier molecular flexibility index (Phi) is 4.37. The fourth-order valence-electron chi connectivity index (χ4n) is 2.64. The number of aromatic nitrogens is 1. The van der Waals surface area contributed by atoms with Crippen molar-refractivity contribution in [1.82, 2.24) is 9.88 Å². The lowest BCUT2D eigenvalue weighted by Crippen LogP contribution is -2.41. The second-order valence-electron chi connectivity index (χ2n) is 6.53. The van der Waals surface area contributed by atoms with Gasteiger partial charge in [-0.15, -0.1) is 0 Å². The second-order valence-corrected chi connectivity index (χ2v) is 6.53. The number of pyridine rings is 1. The van der Waals surface area contributed by atoms with Crippen molar-refractivity contribution >= 4 is 16.8 Å². The minimum absolute atomic E-state index is 0.193. The van der Waals surface area contributed by atoms with Crippen molar-refractivity contribution in [3.05, 3.63) is 45.7 Å². The van der Waals surface area contributed by atoms with Crippen LogP contribution < -0.4 is 11.3 Å². The molecule has 1 heterocycles. The highest BCUT2D eigenvalue weighted by Gasteiger charge is 2.25. The number of nitrogens with two attached hydrogens (primary N) is 1. The highest BCUT2D eigenvalue weighted by molar-refractivity contribution is 5.99. The minimum atomic E-state index is -0.349. The molecule has 0 spiro atoms. The molecule has 0 aliphatic rings. The number of benzene rings is 1. The van der Waals surface area contributed by atoms with E-state index in [1.807, 2.05) is 45.0 Å². The van der Waals surface area contributed by atoms with E-state index in [1.54, 1.807) is 11.9 Å². The van der Waals surface area contributed by atoms with E-state index in [2.05, 4.69) is 4.98 Å². The van der Waals surface area contributed by atoms with Crippen molar-refractivity contribution in [2.75, 3.05) is 20.1 Å². The number of fused-ring (bicyclic) bond motifs is 1. The van der Waals surface area contributed by atoms with Crippen LogP contribution in [0.5, 0.6) is 0 Å². The van der Waals surface area contributed by atoms with Crippen LogP contribution >= 0.6 is 0 Å². The lowest BCUT2D eigenvalue weighted by molar-refractivity contribution is 0.0738. The number of carbonyl (C=O) groups is 1. The molecule has 3 N–H and O–H groups in total. The molecule has 1 aromatic heterocycles. The van der Waals surface area contributed by atoms with Crippen LogP contribution in [0.3, 0.4) is 0 Å². The number of hydrogen-bond donors (Lipinski definition) is 2. The summed E-state index contributed by atoms with van der Waals surface area (Å²) in [5.74, 6) is -0.272. The zero-order valence-electron chi connectivity index (χ0n) is 13.6. The maximum Gasteiger partial charge on any atom is 0.261 e. The first-order valence-electron chi connectivity index (χ1n) is 7.34. The standard InChI is InChI=1S/C17H23N3O2/c1-11-12-7-5-6-8-13(12)19-15(21)14(11)16(22)20(4)10-17(2,3)9-18/h5-8H,9-10,18H2,1-4H3,(H,19,21). The molecule has 0 fully saturated rings. The van der Waals surface area contributed by atoms with E-state index < -0.39 is 0 Å². The molecule has 0 saturated heterocycles. The number of carbonyl (C=O) groups excluding carboxylic acids is 1. The number of para-hydroxylation sites is 1. The molecular weight excluding hydrogens is 278 g/mol. The monoisotopic (exact) mass is 301 g/mol. The molecule has 2 aromatic rings. The lowest BCUT2D eigenvalue weighted by Gasteiger charge is -2.29. The number of rotatable bonds is 4. The number of nitrogens with zero attached hydrogens (tertiary/aromatic N) is 1. The Morgan fingerprint density at radius 2 is 1.95 bits per heavy atom. The molecule has 2 rings (SSSR count). The van der Waals surface area contributed by atoms with E-state index in [0.29, 0.717) is 18.7 Å². The summed E-state index contributed by atoms with van der Waals surface area (Å²) in [6.07, 6.45) is 0. The smallest absolute Gasteiger partial charge is 0.261 e. The Balaban J connectivity index is 2.46. The molecular formula is C17H23N3O2. The summed E-state index contributed by atoms with van der Waals surface area (Å²) in [6, 6.07) is 7.48. The van der Waals surface area contributed by atoms with Gasteiger partial charge in [-0.2, -0.15) is 0 Å². The van der Waals surface area contributed by atoms with E-state index in [9.17, 15) is 9.59 Å². The number of nitrogens with one attached hydrogen (secondary N) is 1. The molecule has 0 aliphatic heterocycles. The highest BCUT2D eigenvalue weighted by atomic mass is 16.2. The van der Waals surface area contributed by atoms with Crippen molar-refractivity contribution < 1.29 is 4.79 Å². The molecule has 118 valence electrons. The summed E-state index contributed by atoms with van der Waals surface area (Å²) < 4.78 is 0. The molecule has 5 heteroatoms. The van der Waals surface area contributed by atoms with Gasteiger partial charge in [-0.1, -0.05) is 32.0 Å². The van der Waals surface area contributed by atoms with Gasteiger partial charge in [0.25, 0.3) is 11.5 Å². The van der Waals surface area contributed by atoms with Crippen molar-refractivity contribution in [2.45, 2.75) is 20.8 Å². The van der Waals surface area contributed by atoms with Crippen LogP contribution in [-0.4, -0.2) is 35.9 Å². The van der Waals surface area contributed by atoms with Gasteiger partial charge in [0, 0.05) is 24.5 Å². The normalized spacial score (nSPS) is 11.7. The predicted molar refractivity (Wildman–Crippen MR) is 89.1 cm³/mol. The van der Waals surface area contributed by atoms with E-state index in [4.69, 9.17) is 5.73 Å². The first-order chi connectivity index (χ1) is 10.3. The van der Waals surface area contributed by atoms with Crippen molar-refractivity contribution in [2.24, 2.45) is 11.1 Å². The van der Waals surface area contributed by atoms with Crippen LogP contribution in [0.25, 0.3) is 10.9 Å². The highest BCUT2D eigenvalue weighted by Crippen LogP contribution is 2.20. The fourth-order valence-corrected chi connectivity index (χ4v) is 2.64. The molecule has 5 nitrogen and oxygen atoms in total. The van der Waals surface area contributed by atoms with Gasteiger partial charge in [0.15, 0.2) is 0 Å². The molecule has 0 aliphatic carbocycles. The molecule has 1 aromatic carbocycles. The summed E-state index contributed by atoms with van der Waals surface area (Å²) in [4.78, 5) is 29.3. The predicted octanol–water partition coefficient (Wildman–Crippen LogP) is 1.89. The Hall–Kier alpha value is -2.14. The van der Waals surface area contributed by atoms with Crippen molar-refractivity contribution in [3.63, 3.8) is 0 Å². The number of hydrogen-bond acceptors (Lipinski definition) is 3. The first-order valence-corrected chi connectivity index (χ1v) is 7.34. The van der Waals surface area contributed by atoms with E-state index in [0.717, 1.165) is 10.9 Å². The number of H-pyrrole nitrogens is 1. The van der Waals surface area contributed by atoms with Crippen LogP contribution in [0.1, 0.15) is 29.8 Å². The van der Waals surface area contributed by atoms with Crippen LogP contribution in [0.2, 0.25) is 0 Å². The Morgan fingerprint density at radius 1 is 1.32 bits per heavy atom. The Morgan fingerprint density at radius 3 is 2.59 bits per heavy atom. The molecule has 0 bridgehead atoms. The number of aromatic amines is 1. The third-order valence-corrected chi connectivity index (χ3v) is 3.96. The zero-order chi connectivity index (χ0) is 16.5. The van der Waals surface area contributed by atoms with Gasteiger partial charge in [-0.3, -0.25) is 9.59 Å². The SMILES string of the molecule is Cc1c(C(=O)N(C)CC(C)(C)CN)c(=O)[nH]c2ccccc12. The van der Waals surface area contributed by atoms with Crippen LogP contribution in [0, 0.1) is 12.3 Å². The number of aryl methyl sites for hydroxylation is 1. The van der Waals surface area contributed by atoms with Crippen LogP contribution in [0.15, 0.2) is 29.1 Å². The largest absolute Gasteiger partial charge is 0.341 e. The molecule has 0 atom stereocenters. The maximum absolute atomic E-state index is 12.7. The van der Waals surface area contributed by atoms with E-state index in [-0.39, 0.29) is 22.4 Å². The van der Waals surface area contributed by atoms with Crippen molar-refractivity contribution in [3.8, 4) is 0 Å². The lowest BCUT2D eigenvalue weighted by atomic mass is 9.93. The van der Waals surface area contributed by atoms with Gasteiger partial charge >= 0.3 is 0 Å². The zero-order valence-corrected chi connectivity index (χ0v) is 13.6. The van der Waals surface area contributed by atoms with Crippen molar-refractivity contribution in [1.29, 1.82) is 0 Å². The average Bonchev–Trinajstić information content (AvgIpc) is 2.46. The van der Waals surface area contributed by atoms with Gasteiger partial charge in [-0.25, -0.2) is 0 Å². The third kappa shape index (κ3) is 3.04. The van der Waals surface area contributed by atoms with Crippen LogP contribution in [-0.2, 0) is 0 Å². The average molecular weight is 301 g/mol. The maximum atomic E-state index is 12.7. The number of amides is 1. The van der Waals surface area contributed by atoms with Gasteiger partial charge < -0.3 is 15.6 Å². The summed E-state index contributed by atoms with van der Waals surface area (Å²) in [7, 11) is 1.70. The van der Waals surface area contributed by atoms with Crippen LogP contribution in [0.4, 0.5) is 0 Å². The molecule has 22 heavy (non-hydrogen) atoms. The summed E-state index contributed by atoms with van der Waals surface area (Å²) in [5, 5.41) is 0.886. The molecule has 1 amide bonds. The van der Waals surface area contributed by atoms with Gasteiger partial charge in [0.2, 0.25) is 0 Å². The Bertz CT molecular complexity index is 762. The van der Waals surface area contributed by atoms with Gasteiger partial charge in [-0.05, 0) is 30.5 Å². The fraction of sp³-hybridized carbons (Fsp3) is 0.412. The summed E-state index contributed by atoms with van der Waals surface area (Å²) in [6.45, 7) is 6.76. The topological polar surface area (TPSA) is 79.2 Å². The van der Waals surface area contributed by atoms with E-state index >= 15 is 0 Å². The molecule has 0 unspecified atom stereocenters. The molecule has 0 saturated carbocycles. The second kappa shape index (κ2) is 5.93. The summed E-state index contributed by atoms with van der Waals surface area (Å²) in [5.41, 5.74) is 6.84. The third-order valence-electron chi connectivity index (χ3n) is 3.96. The molecule has 0 radical (unpaired) electrons.